The van der Waals surface area contributed by atoms with E-state index in [4.69, 9.17) is 4.98 Å². The molecule has 0 saturated carbocycles. The average molecular weight is 399 g/mol. The molecule has 0 fully saturated rings. The summed E-state index contributed by atoms with van der Waals surface area (Å²) in [5.41, 5.74) is 2.82. The van der Waals surface area contributed by atoms with E-state index in [1.54, 1.807) is 33.3 Å². The van der Waals surface area contributed by atoms with Crippen LogP contribution < -0.4 is 11.0 Å². The van der Waals surface area contributed by atoms with Gasteiger partial charge in [0.15, 0.2) is 5.65 Å². The largest absolute Gasteiger partial charge is 0.351 e. The molecule has 3 aromatic heterocycles. The van der Waals surface area contributed by atoms with Crippen LogP contribution in [0.4, 0.5) is 0 Å². The van der Waals surface area contributed by atoms with E-state index in [2.05, 4.69) is 38.0 Å². The van der Waals surface area contributed by atoms with Crippen LogP contribution in [-0.2, 0) is 20.6 Å². The maximum absolute atomic E-state index is 12.7. The lowest BCUT2D eigenvalue weighted by Crippen LogP contribution is -2.27. The first-order chi connectivity index (χ1) is 13.6. The van der Waals surface area contributed by atoms with E-state index < -0.39 is 0 Å². The van der Waals surface area contributed by atoms with Gasteiger partial charge in [-0.1, -0.05) is 27.7 Å². The summed E-state index contributed by atoms with van der Waals surface area (Å²) in [6.07, 6.45) is 4.04. The highest BCUT2D eigenvalue weighted by Gasteiger charge is 2.19. The van der Waals surface area contributed by atoms with Gasteiger partial charge in [0.25, 0.3) is 5.91 Å². The number of nitrogens with zero attached hydrogens (tertiary/aromatic N) is 5. The smallest absolute Gasteiger partial charge is 0.330 e. The third kappa shape index (κ3) is 4.58. The zero-order valence-electron chi connectivity index (χ0n) is 18.1. The molecule has 1 atom stereocenters. The van der Waals surface area contributed by atoms with E-state index in [9.17, 15) is 9.59 Å². The van der Waals surface area contributed by atoms with E-state index in [0.717, 1.165) is 17.6 Å². The van der Waals surface area contributed by atoms with Crippen LogP contribution in [0.5, 0.6) is 0 Å². The topological polar surface area (TPSA) is 86.7 Å². The molecule has 8 heteroatoms. The standard InChI is InChI=1S/C21H30N6O2/c1-14(9-10-22-19(28)16-11-25(5)13-23-16)15-7-8-17-18(24-15)26(6)20(29)27(17)12-21(2,3)4/h7-8,11,13-14H,9-10,12H2,1-6H3,(H,22,28). The Labute approximate surface area is 170 Å². The second-order valence-corrected chi connectivity index (χ2v) is 8.94. The summed E-state index contributed by atoms with van der Waals surface area (Å²) in [7, 11) is 3.59. The van der Waals surface area contributed by atoms with Crippen molar-refractivity contribution >= 4 is 17.1 Å². The Morgan fingerprint density at radius 3 is 2.59 bits per heavy atom. The van der Waals surface area contributed by atoms with Crippen LogP contribution >= 0.6 is 0 Å². The Morgan fingerprint density at radius 1 is 1.24 bits per heavy atom. The fourth-order valence-electron chi connectivity index (χ4n) is 3.36. The number of fused-ring (bicyclic) bond motifs is 1. The molecule has 1 unspecified atom stereocenters. The van der Waals surface area contributed by atoms with Gasteiger partial charge in [0, 0.05) is 45.0 Å². The molecular weight excluding hydrogens is 368 g/mol. The highest BCUT2D eigenvalue weighted by molar-refractivity contribution is 5.91. The number of nitrogens with one attached hydrogen (secondary N) is 1. The van der Waals surface area contributed by atoms with E-state index in [-0.39, 0.29) is 22.9 Å². The molecule has 1 N–H and O–H groups in total. The lowest BCUT2D eigenvalue weighted by atomic mass is 9.97. The van der Waals surface area contributed by atoms with Gasteiger partial charge in [-0.2, -0.15) is 0 Å². The van der Waals surface area contributed by atoms with E-state index in [1.165, 1.54) is 0 Å². The van der Waals surface area contributed by atoms with Crippen LogP contribution in [0.2, 0.25) is 0 Å². The molecule has 0 spiro atoms. The van der Waals surface area contributed by atoms with Crippen LogP contribution in [-0.4, -0.2) is 36.1 Å². The Bertz CT molecular complexity index is 1080. The highest BCUT2D eigenvalue weighted by Crippen LogP contribution is 2.22. The number of carbonyl (C=O) groups is 1. The zero-order valence-corrected chi connectivity index (χ0v) is 18.1. The van der Waals surface area contributed by atoms with Crippen LogP contribution in [0.3, 0.4) is 0 Å². The number of imidazole rings is 2. The SMILES string of the molecule is CC(CCNC(=O)c1cn(C)cn1)c1ccc2c(n1)n(C)c(=O)n2CC(C)(C)C. The predicted octanol–water partition coefficient (Wildman–Crippen LogP) is 2.44. The number of pyridine rings is 1. The molecular formula is C21H30N6O2. The van der Waals surface area contributed by atoms with Gasteiger partial charge in [-0.3, -0.25) is 13.9 Å². The van der Waals surface area contributed by atoms with Gasteiger partial charge < -0.3 is 9.88 Å². The van der Waals surface area contributed by atoms with Crippen molar-refractivity contribution in [1.82, 2.24) is 29.0 Å². The third-order valence-electron chi connectivity index (χ3n) is 4.94. The number of carbonyl (C=O) groups excluding carboxylic acids is 1. The molecule has 3 rings (SSSR count). The predicted molar refractivity (Wildman–Crippen MR) is 113 cm³/mol. The summed E-state index contributed by atoms with van der Waals surface area (Å²) in [4.78, 5) is 33.6. The minimum Gasteiger partial charge on any atom is -0.351 e. The number of aromatic nitrogens is 5. The van der Waals surface area contributed by atoms with Crippen LogP contribution in [0.15, 0.2) is 29.5 Å². The molecule has 0 saturated heterocycles. The summed E-state index contributed by atoms with van der Waals surface area (Å²) in [5, 5.41) is 2.90. The van der Waals surface area contributed by atoms with Crippen molar-refractivity contribution in [3.63, 3.8) is 0 Å². The number of amides is 1. The summed E-state index contributed by atoms with van der Waals surface area (Å²) in [6, 6.07) is 3.96. The van der Waals surface area contributed by atoms with E-state index in [1.807, 2.05) is 19.2 Å². The summed E-state index contributed by atoms with van der Waals surface area (Å²) >= 11 is 0. The molecule has 0 aliphatic heterocycles. The van der Waals surface area contributed by atoms with Crippen LogP contribution in [0.25, 0.3) is 11.2 Å². The number of aryl methyl sites for hydroxylation is 2. The monoisotopic (exact) mass is 398 g/mol. The van der Waals surface area contributed by atoms with Gasteiger partial charge in [0.1, 0.15) is 5.69 Å². The fraction of sp³-hybridized carbons (Fsp3) is 0.524. The third-order valence-corrected chi connectivity index (χ3v) is 4.94. The van der Waals surface area contributed by atoms with Crippen molar-refractivity contribution in [2.75, 3.05) is 6.54 Å². The molecule has 3 heterocycles. The molecule has 3 aromatic rings. The number of hydrogen-bond acceptors (Lipinski definition) is 4. The fourth-order valence-corrected chi connectivity index (χ4v) is 3.36. The maximum Gasteiger partial charge on any atom is 0.330 e. The first-order valence-electron chi connectivity index (χ1n) is 9.89. The van der Waals surface area contributed by atoms with Gasteiger partial charge in [-0.25, -0.2) is 14.8 Å². The Kier molecular flexibility index (Phi) is 5.64. The van der Waals surface area contributed by atoms with Crippen molar-refractivity contribution in [3.05, 3.63) is 46.5 Å². The lowest BCUT2D eigenvalue weighted by Gasteiger charge is -2.18. The second-order valence-electron chi connectivity index (χ2n) is 8.94. The molecule has 0 radical (unpaired) electrons. The first kappa shape index (κ1) is 20.8. The van der Waals surface area contributed by atoms with Crippen molar-refractivity contribution in [3.8, 4) is 0 Å². The van der Waals surface area contributed by atoms with Crippen molar-refractivity contribution in [2.45, 2.75) is 46.6 Å². The van der Waals surface area contributed by atoms with E-state index in [0.29, 0.717) is 24.4 Å². The summed E-state index contributed by atoms with van der Waals surface area (Å²) in [5.74, 6) is -0.0348. The number of rotatable bonds is 6. The lowest BCUT2D eigenvalue weighted by molar-refractivity contribution is 0.0948. The Morgan fingerprint density at radius 2 is 1.97 bits per heavy atom. The molecule has 29 heavy (non-hydrogen) atoms. The van der Waals surface area contributed by atoms with Crippen molar-refractivity contribution in [2.24, 2.45) is 19.5 Å². The highest BCUT2D eigenvalue weighted by atomic mass is 16.2. The minimum atomic E-state index is -0.178. The quantitative estimate of drug-likeness (QED) is 0.691. The minimum absolute atomic E-state index is 0.00408. The first-order valence-corrected chi connectivity index (χ1v) is 9.89. The molecule has 0 aliphatic carbocycles. The van der Waals surface area contributed by atoms with Gasteiger partial charge in [-0.15, -0.1) is 0 Å². The van der Waals surface area contributed by atoms with Gasteiger partial charge in [0.2, 0.25) is 0 Å². The Balaban J connectivity index is 1.72. The Hall–Kier alpha value is -2.90. The van der Waals surface area contributed by atoms with Crippen LogP contribution in [0, 0.1) is 5.41 Å². The number of hydrogen-bond donors (Lipinski definition) is 1. The summed E-state index contributed by atoms with van der Waals surface area (Å²) < 4.78 is 5.15. The zero-order chi connectivity index (χ0) is 21.3. The average Bonchev–Trinajstić information content (AvgIpc) is 3.18. The molecule has 0 aliphatic rings. The van der Waals surface area contributed by atoms with Crippen molar-refractivity contribution in [1.29, 1.82) is 0 Å². The van der Waals surface area contributed by atoms with Crippen molar-refractivity contribution < 1.29 is 4.79 Å². The maximum atomic E-state index is 12.7. The molecule has 156 valence electrons. The van der Waals surface area contributed by atoms with Crippen LogP contribution in [0.1, 0.15) is 56.2 Å². The van der Waals surface area contributed by atoms with Gasteiger partial charge >= 0.3 is 5.69 Å². The van der Waals surface area contributed by atoms with Gasteiger partial charge in [-0.05, 0) is 24.0 Å². The molecule has 0 aromatic carbocycles. The molecule has 8 nitrogen and oxygen atoms in total. The van der Waals surface area contributed by atoms with Gasteiger partial charge in [0.05, 0.1) is 11.8 Å². The molecule has 0 bridgehead atoms. The second kappa shape index (κ2) is 7.85. The molecule has 1 amide bonds. The van der Waals surface area contributed by atoms with E-state index >= 15 is 0 Å². The normalized spacial score (nSPS) is 13.0. The summed E-state index contributed by atoms with van der Waals surface area (Å²) in [6.45, 7) is 9.58.